The van der Waals surface area contributed by atoms with E-state index >= 15 is 0 Å². The number of ketones is 1. The highest BCUT2D eigenvalue weighted by Gasteiger charge is 2.08. The molecule has 0 saturated carbocycles. The van der Waals surface area contributed by atoms with Crippen LogP contribution in [0, 0.1) is 6.92 Å². The molecule has 0 spiro atoms. The average molecular weight is 213 g/mol. The fourth-order valence-corrected chi connectivity index (χ4v) is 1.37. The SMILES string of the molecule is CC(=O)c1nc(C)cc(-c2ccccn2)n1. The van der Waals surface area contributed by atoms with Crippen molar-refractivity contribution in [3.8, 4) is 11.4 Å². The van der Waals surface area contributed by atoms with Gasteiger partial charge < -0.3 is 0 Å². The number of nitrogens with zero attached hydrogens (tertiary/aromatic N) is 3. The summed E-state index contributed by atoms with van der Waals surface area (Å²) in [4.78, 5) is 23.7. The van der Waals surface area contributed by atoms with Crippen LogP contribution in [0.4, 0.5) is 0 Å². The van der Waals surface area contributed by atoms with E-state index in [9.17, 15) is 4.79 Å². The van der Waals surface area contributed by atoms with E-state index in [0.29, 0.717) is 5.69 Å². The molecule has 0 amide bonds. The van der Waals surface area contributed by atoms with Gasteiger partial charge in [0.1, 0.15) is 0 Å². The molecule has 0 atom stereocenters. The second kappa shape index (κ2) is 4.18. The molecule has 0 fully saturated rings. The Balaban J connectivity index is 2.54. The van der Waals surface area contributed by atoms with E-state index in [-0.39, 0.29) is 11.6 Å². The number of Topliss-reactive ketones (excluding diaryl/α,β-unsaturated/α-hetero) is 1. The number of aromatic nitrogens is 3. The lowest BCUT2D eigenvalue weighted by Gasteiger charge is -2.02. The number of hydrogen-bond donors (Lipinski definition) is 0. The average Bonchev–Trinajstić information content (AvgIpc) is 2.29. The first kappa shape index (κ1) is 10.4. The zero-order chi connectivity index (χ0) is 11.5. The van der Waals surface area contributed by atoms with Crippen molar-refractivity contribution in [2.45, 2.75) is 13.8 Å². The fourth-order valence-electron chi connectivity index (χ4n) is 1.37. The summed E-state index contributed by atoms with van der Waals surface area (Å²) in [5, 5.41) is 0. The fraction of sp³-hybridized carbons (Fsp3) is 0.167. The van der Waals surface area contributed by atoms with E-state index in [1.54, 1.807) is 6.20 Å². The van der Waals surface area contributed by atoms with Crippen molar-refractivity contribution in [3.63, 3.8) is 0 Å². The lowest BCUT2D eigenvalue weighted by atomic mass is 10.2. The third-order valence-corrected chi connectivity index (χ3v) is 2.10. The third kappa shape index (κ3) is 2.11. The Kier molecular flexibility index (Phi) is 2.72. The highest BCUT2D eigenvalue weighted by Crippen LogP contribution is 2.14. The summed E-state index contributed by atoms with van der Waals surface area (Å²) in [6.45, 7) is 3.29. The van der Waals surface area contributed by atoms with E-state index in [2.05, 4.69) is 15.0 Å². The van der Waals surface area contributed by atoms with Gasteiger partial charge in [-0.25, -0.2) is 9.97 Å². The second-order valence-corrected chi connectivity index (χ2v) is 3.49. The van der Waals surface area contributed by atoms with Crippen molar-refractivity contribution >= 4 is 5.78 Å². The third-order valence-electron chi connectivity index (χ3n) is 2.10. The van der Waals surface area contributed by atoms with Crippen molar-refractivity contribution in [2.24, 2.45) is 0 Å². The van der Waals surface area contributed by atoms with Crippen LogP contribution in [0.2, 0.25) is 0 Å². The number of aryl methyl sites for hydroxylation is 1. The Bertz CT molecular complexity index is 523. The highest BCUT2D eigenvalue weighted by molar-refractivity contribution is 5.90. The number of hydrogen-bond acceptors (Lipinski definition) is 4. The van der Waals surface area contributed by atoms with E-state index < -0.39 is 0 Å². The van der Waals surface area contributed by atoms with Gasteiger partial charge in [0.05, 0.1) is 11.4 Å². The smallest absolute Gasteiger partial charge is 0.196 e. The van der Waals surface area contributed by atoms with Gasteiger partial charge in [0.25, 0.3) is 0 Å². The van der Waals surface area contributed by atoms with Gasteiger partial charge in [-0.15, -0.1) is 0 Å². The molecule has 0 unspecified atom stereocenters. The molecule has 0 aromatic carbocycles. The molecule has 2 aromatic heterocycles. The standard InChI is InChI=1S/C12H11N3O/c1-8-7-11(10-5-3-4-6-13-10)15-12(14-8)9(2)16/h3-7H,1-2H3. The Morgan fingerprint density at radius 3 is 2.62 bits per heavy atom. The number of rotatable bonds is 2. The van der Waals surface area contributed by atoms with Crippen molar-refractivity contribution in [2.75, 3.05) is 0 Å². The lowest BCUT2D eigenvalue weighted by Crippen LogP contribution is -2.04. The zero-order valence-electron chi connectivity index (χ0n) is 9.14. The van der Waals surface area contributed by atoms with Crippen molar-refractivity contribution < 1.29 is 4.79 Å². The molecule has 4 nitrogen and oxygen atoms in total. The summed E-state index contributed by atoms with van der Waals surface area (Å²) in [5.74, 6) is 0.0986. The molecule has 0 radical (unpaired) electrons. The normalized spacial score (nSPS) is 10.1. The van der Waals surface area contributed by atoms with Crippen LogP contribution in [0.25, 0.3) is 11.4 Å². The molecule has 0 aliphatic carbocycles. The largest absolute Gasteiger partial charge is 0.291 e. The first-order valence-corrected chi connectivity index (χ1v) is 4.95. The molecule has 4 heteroatoms. The van der Waals surface area contributed by atoms with Gasteiger partial charge in [0.15, 0.2) is 11.6 Å². The summed E-state index contributed by atoms with van der Waals surface area (Å²) in [7, 11) is 0. The summed E-state index contributed by atoms with van der Waals surface area (Å²) >= 11 is 0. The van der Waals surface area contributed by atoms with E-state index in [1.165, 1.54) is 6.92 Å². The molecule has 0 saturated heterocycles. The van der Waals surface area contributed by atoms with Gasteiger partial charge in [-0.05, 0) is 25.1 Å². The molecule has 80 valence electrons. The Morgan fingerprint density at radius 1 is 1.19 bits per heavy atom. The van der Waals surface area contributed by atoms with Gasteiger partial charge in [-0.3, -0.25) is 9.78 Å². The monoisotopic (exact) mass is 213 g/mol. The minimum Gasteiger partial charge on any atom is -0.291 e. The van der Waals surface area contributed by atoms with Crippen LogP contribution in [0.15, 0.2) is 30.5 Å². The summed E-state index contributed by atoms with van der Waals surface area (Å²) in [6.07, 6.45) is 1.69. The van der Waals surface area contributed by atoms with E-state index in [1.807, 2.05) is 31.2 Å². The maximum absolute atomic E-state index is 11.2. The predicted molar refractivity (Wildman–Crippen MR) is 60.0 cm³/mol. The number of carbonyl (C=O) groups is 1. The summed E-state index contributed by atoms with van der Waals surface area (Å²) < 4.78 is 0. The Hall–Kier alpha value is -2.10. The molecule has 0 aliphatic rings. The molecular weight excluding hydrogens is 202 g/mol. The van der Waals surface area contributed by atoms with Crippen molar-refractivity contribution in [1.29, 1.82) is 0 Å². The van der Waals surface area contributed by atoms with Gasteiger partial charge in [0.2, 0.25) is 0 Å². The van der Waals surface area contributed by atoms with Crippen LogP contribution in [-0.4, -0.2) is 20.7 Å². The molecular formula is C12H11N3O. The van der Waals surface area contributed by atoms with Crippen LogP contribution < -0.4 is 0 Å². The van der Waals surface area contributed by atoms with Crippen LogP contribution in [-0.2, 0) is 0 Å². The van der Waals surface area contributed by atoms with Crippen LogP contribution >= 0.6 is 0 Å². The van der Waals surface area contributed by atoms with Crippen LogP contribution in [0.5, 0.6) is 0 Å². The lowest BCUT2D eigenvalue weighted by molar-refractivity contribution is 0.100. The van der Waals surface area contributed by atoms with Gasteiger partial charge in [0, 0.05) is 18.8 Å². The Labute approximate surface area is 93.4 Å². The van der Waals surface area contributed by atoms with Crippen LogP contribution in [0.3, 0.4) is 0 Å². The van der Waals surface area contributed by atoms with E-state index in [4.69, 9.17) is 0 Å². The first-order valence-electron chi connectivity index (χ1n) is 4.95. The molecule has 0 N–H and O–H groups in total. The van der Waals surface area contributed by atoms with Gasteiger partial charge in [-0.2, -0.15) is 0 Å². The highest BCUT2D eigenvalue weighted by atomic mass is 16.1. The molecule has 2 rings (SSSR count). The topological polar surface area (TPSA) is 55.7 Å². The maximum Gasteiger partial charge on any atom is 0.196 e. The minimum absolute atomic E-state index is 0.138. The first-order chi connectivity index (χ1) is 7.66. The molecule has 2 aromatic rings. The predicted octanol–water partition coefficient (Wildman–Crippen LogP) is 2.05. The minimum atomic E-state index is -0.138. The van der Waals surface area contributed by atoms with Crippen molar-refractivity contribution in [3.05, 3.63) is 42.0 Å². The van der Waals surface area contributed by atoms with Crippen LogP contribution in [0.1, 0.15) is 23.2 Å². The van der Waals surface area contributed by atoms with E-state index in [0.717, 1.165) is 11.4 Å². The molecule has 0 bridgehead atoms. The quantitative estimate of drug-likeness (QED) is 0.716. The molecule has 16 heavy (non-hydrogen) atoms. The maximum atomic E-state index is 11.2. The summed E-state index contributed by atoms with van der Waals surface area (Å²) in [5.41, 5.74) is 2.19. The van der Waals surface area contributed by atoms with Gasteiger partial charge in [-0.1, -0.05) is 6.07 Å². The molecule has 2 heterocycles. The Morgan fingerprint density at radius 2 is 2.00 bits per heavy atom. The zero-order valence-corrected chi connectivity index (χ0v) is 9.14. The van der Waals surface area contributed by atoms with Crippen molar-refractivity contribution in [1.82, 2.24) is 15.0 Å². The number of carbonyl (C=O) groups excluding carboxylic acids is 1. The number of pyridine rings is 1. The summed E-state index contributed by atoms with van der Waals surface area (Å²) in [6, 6.07) is 7.39. The second-order valence-electron chi connectivity index (χ2n) is 3.49. The molecule has 0 aliphatic heterocycles. The van der Waals surface area contributed by atoms with Gasteiger partial charge >= 0.3 is 0 Å².